The maximum atomic E-state index is 5.88. The highest BCUT2D eigenvalue weighted by Crippen LogP contribution is 2.20. The molecule has 118 valence electrons. The van der Waals surface area contributed by atoms with Gasteiger partial charge < -0.3 is 20.7 Å². The lowest BCUT2D eigenvalue weighted by Crippen LogP contribution is -2.37. The SMILES string of the molecule is NC[C@@H](Nc1ccc(Br)cc1)c1nc(N2CCOCC2)n[nH]1. The number of aromatic amines is 1. The predicted molar refractivity (Wildman–Crippen MR) is 89.0 cm³/mol. The van der Waals surface area contributed by atoms with E-state index in [-0.39, 0.29) is 6.04 Å². The van der Waals surface area contributed by atoms with Gasteiger partial charge in [0.15, 0.2) is 0 Å². The van der Waals surface area contributed by atoms with Crippen molar-refractivity contribution in [1.82, 2.24) is 15.2 Å². The second kappa shape index (κ2) is 7.08. The molecule has 0 bridgehead atoms. The summed E-state index contributed by atoms with van der Waals surface area (Å²) in [7, 11) is 0. The molecule has 2 heterocycles. The van der Waals surface area contributed by atoms with Crippen molar-refractivity contribution in [2.75, 3.05) is 43.1 Å². The van der Waals surface area contributed by atoms with Gasteiger partial charge in [0.05, 0.1) is 19.3 Å². The number of ether oxygens (including phenoxy) is 1. The summed E-state index contributed by atoms with van der Waals surface area (Å²) in [5.41, 5.74) is 6.87. The maximum absolute atomic E-state index is 5.88. The molecule has 0 amide bonds. The number of H-pyrrole nitrogens is 1. The number of morpholine rings is 1. The average Bonchev–Trinajstić information content (AvgIpc) is 3.05. The lowest BCUT2D eigenvalue weighted by atomic mass is 10.2. The molecule has 22 heavy (non-hydrogen) atoms. The van der Waals surface area contributed by atoms with E-state index in [1.165, 1.54) is 0 Å². The van der Waals surface area contributed by atoms with E-state index in [4.69, 9.17) is 10.5 Å². The molecule has 4 N–H and O–H groups in total. The highest BCUT2D eigenvalue weighted by atomic mass is 79.9. The van der Waals surface area contributed by atoms with E-state index < -0.39 is 0 Å². The smallest absolute Gasteiger partial charge is 0.244 e. The Morgan fingerprint density at radius 2 is 2.05 bits per heavy atom. The van der Waals surface area contributed by atoms with Crippen LogP contribution in [-0.2, 0) is 4.74 Å². The van der Waals surface area contributed by atoms with Gasteiger partial charge in [0.1, 0.15) is 5.82 Å². The first kappa shape index (κ1) is 15.3. The number of hydrogen-bond acceptors (Lipinski definition) is 6. The molecule has 8 heteroatoms. The van der Waals surface area contributed by atoms with Crippen molar-refractivity contribution in [2.45, 2.75) is 6.04 Å². The van der Waals surface area contributed by atoms with Gasteiger partial charge in [-0.1, -0.05) is 15.9 Å². The van der Waals surface area contributed by atoms with Crippen LogP contribution in [0.4, 0.5) is 11.6 Å². The van der Waals surface area contributed by atoms with Gasteiger partial charge in [-0.25, -0.2) is 0 Å². The van der Waals surface area contributed by atoms with E-state index >= 15 is 0 Å². The van der Waals surface area contributed by atoms with Gasteiger partial charge in [-0.3, -0.25) is 5.10 Å². The highest BCUT2D eigenvalue weighted by Gasteiger charge is 2.19. The summed E-state index contributed by atoms with van der Waals surface area (Å²) in [6, 6.07) is 7.84. The first-order valence-electron chi connectivity index (χ1n) is 7.23. The van der Waals surface area contributed by atoms with Crippen molar-refractivity contribution in [3.8, 4) is 0 Å². The highest BCUT2D eigenvalue weighted by molar-refractivity contribution is 9.10. The van der Waals surface area contributed by atoms with Crippen LogP contribution >= 0.6 is 15.9 Å². The molecule has 3 rings (SSSR count). The van der Waals surface area contributed by atoms with Crippen molar-refractivity contribution in [3.05, 3.63) is 34.6 Å². The van der Waals surface area contributed by atoms with Crippen LogP contribution in [0.15, 0.2) is 28.7 Å². The van der Waals surface area contributed by atoms with Crippen molar-refractivity contribution < 1.29 is 4.74 Å². The van der Waals surface area contributed by atoms with Crippen LogP contribution in [0.3, 0.4) is 0 Å². The van der Waals surface area contributed by atoms with E-state index in [1.807, 2.05) is 24.3 Å². The molecule has 0 saturated carbocycles. The first-order chi connectivity index (χ1) is 10.8. The summed E-state index contributed by atoms with van der Waals surface area (Å²) in [6.45, 7) is 3.46. The molecular weight excluding hydrogens is 348 g/mol. The second-order valence-electron chi connectivity index (χ2n) is 5.06. The van der Waals surface area contributed by atoms with Crippen molar-refractivity contribution in [1.29, 1.82) is 0 Å². The lowest BCUT2D eigenvalue weighted by Gasteiger charge is -2.25. The Hall–Kier alpha value is -1.64. The fourth-order valence-corrected chi connectivity index (χ4v) is 2.58. The number of nitrogens with one attached hydrogen (secondary N) is 2. The summed E-state index contributed by atoms with van der Waals surface area (Å²) in [5.74, 6) is 1.45. The van der Waals surface area contributed by atoms with Crippen LogP contribution in [0, 0.1) is 0 Å². The quantitative estimate of drug-likeness (QED) is 0.742. The topological polar surface area (TPSA) is 92.1 Å². The Labute approximate surface area is 137 Å². The molecule has 1 aromatic carbocycles. The molecule has 1 saturated heterocycles. The summed E-state index contributed by atoms with van der Waals surface area (Å²) < 4.78 is 6.38. The number of nitrogens with zero attached hydrogens (tertiary/aromatic N) is 3. The number of nitrogens with two attached hydrogens (primary N) is 1. The fourth-order valence-electron chi connectivity index (χ4n) is 2.31. The maximum Gasteiger partial charge on any atom is 0.244 e. The van der Waals surface area contributed by atoms with Crippen molar-refractivity contribution in [2.24, 2.45) is 5.73 Å². The van der Waals surface area contributed by atoms with E-state index in [0.29, 0.717) is 25.7 Å². The van der Waals surface area contributed by atoms with Gasteiger partial charge >= 0.3 is 0 Å². The summed E-state index contributed by atoms with van der Waals surface area (Å²) in [5, 5.41) is 10.7. The van der Waals surface area contributed by atoms with Crippen LogP contribution in [0.25, 0.3) is 0 Å². The van der Waals surface area contributed by atoms with Crippen LogP contribution in [0.2, 0.25) is 0 Å². The Bertz CT molecular complexity index is 596. The van der Waals surface area contributed by atoms with Crippen LogP contribution in [0.1, 0.15) is 11.9 Å². The Morgan fingerprint density at radius 1 is 1.32 bits per heavy atom. The van der Waals surface area contributed by atoms with E-state index in [2.05, 4.69) is 41.3 Å². The van der Waals surface area contributed by atoms with Gasteiger partial charge in [-0.05, 0) is 24.3 Å². The van der Waals surface area contributed by atoms with Crippen LogP contribution in [-0.4, -0.2) is 48.0 Å². The minimum Gasteiger partial charge on any atom is -0.378 e. The molecule has 0 radical (unpaired) electrons. The van der Waals surface area contributed by atoms with E-state index in [9.17, 15) is 0 Å². The largest absolute Gasteiger partial charge is 0.378 e. The lowest BCUT2D eigenvalue weighted by molar-refractivity contribution is 0.122. The molecule has 1 atom stereocenters. The van der Waals surface area contributed by atoms with Gasteiger partial charge in [-0.15, -0.1) is 5.10 Å². The van der Waals surface area contributed by atoms with Gasteiger partial charge in [-0.2, -0.15) is 4.98 Å². The zero-order valence-corrected chi connectivity index (χ0v) is 13.7. The molecule has 2 aromatic rings. The zero-order chi connectivity index (χ0) is 15.4. The number of rotatable bonds is 5. The number of halogens is 1. The Balaban J connectivity index is 1.70. The standard InChI is InChI=1S/C14H19BrN6O/c15-10-1-3-11(4-2-10)17-12(9-16)13-18-14(20-19-13)21-5-7-22-8-6-21/h1-4,12,17H,5-9,16H2,(H,18,19,20)/t12-/m1/s1. The predicted octanol–water partition coefficient (Wildman–Crippen LogP) is 1.52. The number of benzene rings is 1. The Morgan fingerprint density at radius 3 is 2.73 bits per heavy atom. The molecule has 0 unspecified atom stereocenters. The summed E-state index contributed by atoms with van der Waals surface area (Å²) >= 11 is 3.42. The summed E-state index contributed by atoms with van der Waals surface area (Å²) in [4.78, 5) is 6.68. The van der Waals surface area contributed by atoms with E-state index in [0.717, 1.165) is 29.1 Å². The third-order valence-corrected chi connectivity index (χ3v) is 4.06. The van der Waals surface area contributed by atoms with E-state index in [1.54, 1.807) is 0 Å². The number of hydrogen-bond donors (Lipinski definition) is 3. The zero-order valence-electron chi connectivity index (χ0n) is 12.1. The average molecular weight is 367 g/mol. The minimum absolute atomic E-state index is 0.108. The van der Waals surface area contributed by atoms with Crippen LogP contribution < -0.4 is 16.0 Å². The molecule has 7 nitrogen and oxygen atoms in total. The molecule has 1 aromatic heterocycles. The number of aromatic nitrogens is 3. The fraction of sp³-hybridized carbons (Fsp3) is 0.429. The molecule has 0 spiro atoms. The molecule has 0 aliphatic carbocycles. The molecule has 1 aliphatic heterocycles. The number of anilines is 2. The second-order valence-corrected chi connectivity index (χ2v) is 5.98. The van der Waals surface area contributed by atoms with Gasteiger partial charge in [0, 0.05) is 29.8 Å². The van der Waals surface area contributed by atoms with Crippen molar-refractivity contribution >= 4 is 27.6 Å². The minimum atomic E-state index is -0.108. The first-order valence-corrected chi connectivity index (χ1v) is 8.03. The van der Waals surface area contributed by atoms with Crippen molar-refractivity contribution in [3.63, 3.8) is 0 Å². The Kier molecular flexibility index (Phi) is 4.91. The monoisotopic (exact) mass is 366 g/mol. The molecule has 1 fully saturated rings. The van der Waals surface area contributed by atoms with Gasteiger partial charge in [0.25, 0.3) is 0 Å². The molecular formula is C14H19BrN6O. The third-order valence-electron chi connectivity index (χ3n) is 3.54. The third kappa shape index (κ3) is 3.57. The van der Waals surface area contributed by atoms with Crippen LogP contribution in [0.5, 0.6) is 0 Å². The summed E-state index contributed by atoms with van der Waals surface area (Å²) in [6.07, 6.45) is 0. The normalized spacial score (nSPS) is 16.5. The van der Waals surface area contributed by atoms with Gasteiger partial charge in [0.2, 0.25) is 5.95 Å². The molecule has 1 aliphatic rings.